The van der Waals surface area contributed by atoms with Gasteiger partial charge in [0.1, 0.15) is 6.10 Å². The summed E-state index contributed by atoms with van der Waals surface area (Å²) in [6.45, 7) is 3.63. The lowest BCUT2D eigenvalue weighted by Gasteiger charge is -2.01. The number of ether oxygens (including phenoxy) is 1. The lowest BCUT2D eigenvalue weighted by Crippen LogP contribution is -2.06. The first-order valence-electron chi connectivity index (χ1n) is 3.77. The van der Waals surface area contributed by atoms with Gasteiger partial charge in [-0.25, -0.2) is 0 Å². The fraction of sp³-hybridized carbons (Fsp3) is 0.714. The van der Waals surface area contributed by atoms with Gasteiger partial charge < -0.3 is 15.0 Å². The molecule has 0 saturated carbocycles. The lowest BCUT2D eigenvalue weighted by atomic mass is 10.3. The Bertz CT molecular complexity index is 247. The van der Waals surface area contributed by atoms with Crippen LogP contribution in [0, 0.1) is 0 Å². The Labute approximate surface area is 70.9 Å². The van der Waals surface area contributed by atoms with E-state index in [1.807, 2.05) is 6.92 Å². The molecule has 1 aromatic heterocycles. The molecule has 0 fully saturated rings. The molecule has 0 aromatic carbocycles. The molecule has 0 saturated heterocycles. The van der Waals surface area contributed by atoms with Gasteiger partial charge in [-0.05, 0) is 13.8 Å². The van der Waals surface area contributed by atoms with Gasteiger partial charge in [0.2, 0.25) is 5.89 Å². The molecule has 2 atom stereocenters. The summed E-state index contributed by atoms with van der Waals surface area (Å²) < 4.78 is 9.89. The first kappa shape index (κ1) is 9.15. The number of nitrogens with two attached hydrogens (primary N) is 1. The third-order valence-electron chi connectivity index (χ3n) is 1.56. The van der Waals surface area contributed by atoms with E-state index in [-0.39, 0.29) is 12.1 Å². The molecule has 68 valence electrons. The van der Waals surface area contributed by atoms with Crippen molar-refractivity contribution in [1.29, 1.82) is 0 Å². The van der Waals surface area contributed by atoms with E-state index in [0.29, 0.717) is 11.7 Å². The maximum Gasteiger partial charge on any atom is 0.243 e. The van der Waals surface area contributed by atoms with Crippen molar-refractivity contribution in [3.8, 4) is 0 Å². The average molecular weight is 171 g/mol. The first-order chi connectivity index (χ1) is 5.65. The Morgan fingerprint density at radius 2 is 2.17 bits per heavy atom. The van der Waals surface area contributed by atoms with Crippen LogP contribution in [-0.2, 0) is 4.74 Å². The number of rotatable bonds is 3. The van der Waals surface area contributed by atoms with Crippen molar-refractivity contribution in [2.45, 2.75) is 26.0 Å². The molecule has 0 amide bonds. The maximum absolute atomic E-state index is 5.53. The fourth-order valence-corrected chi connectivity index (χ4v) is 0.703. The van der Waals surface area contributed by atoms with E-state index in [0.717, 1.165) is 0 Å². The van der Waals surface area contributed by atoms with E-state index in [1.165, 1.54) is 0 Å². The van der Waals surface area contributed by atoms with Gasteiger partial charge in [0.05, 0.1) is 6.04 Å². The number of nitrogens with zero attached hydrogens (tertiary/aromatic N) is 2. The second kappa shape index (κ2) is 3.64. The predicted octanol–water partition coefficient (Wildman–Crippen LogP) is 0.797. The summed E-state index contributed by atoms with van der Waals surface area (Å²) in [5.41, 5.74) is 5.53. The lowest BCUT2D eigenvalue weighted by molar-refractivity contribution is 0.109. The van der Waals surface area contributed by atoms with E-state index in [9.17, 15) is 0 Å². The van der Waals surface area contributed by atoms with Crippen LogP contribution >= 0.6 is 0 Å². The molecular formula is C7H13N3O2. The summed E-state index contributed by atoms with van der Waals surface area (Å²) in [4.78, 5) is 4.05. The molecule has 1 rings (SSSR count). The summed E-state index contributed by atoms with van der Waals surface area (Å²) in [6, 6.07) is -0.227. The quantitative estimate of drug-likeness (QED) is 0.728. The SMILES string of the molecule is COC(C)c1noc([C@H](C)N)n1. The van der Waals surface area contributed by atoms with Crippen molar-refractivity contribution < 1.29 is 9.26 Å². The van der Waals surface area contributed by atoms with Crippen LogP contribution in [-0.4, -0.2) is 17.3 Å². The first-order valence-corrected chi connectivity index (χ1v) is 3.77. The molecule has 1 heterocycles. The summed E-state index contributed by atoms with van der Waals surface area (Å²) in [5, 5.41) is 3.72. The van der Waals surface area contributed by atoms with Crippen molar-refractivity contribution in [2.75, 3.05) is 7.11 Å². The largest absolute Gasteiger partial charge is 0.374 e. The van der Waals surface area contributed by atoms with Crippen LogP contribution < -0.4 is 5.73 Å². The van der Waals surface area contributed by atoms with Crippen molar-refractivity contribution >= 4 is 0 Å². The molecule has 5 heteroatoms. The van der Waals surface area contributed by atoms with Gasteiger partial charge in [-0.15, -0.1) is 0 Å². The molecular weight excluding hydrogens is 158 g/mol. The van der Waals surface area contributed by atoms with Gasteiger partial charge in [-0.2, -0.15) is 4.98 Å². The predicted molar refractivity (Wildman–Crippen MR) is 42.3 cm³/mol. The van der Waals surface area contributed by atoms with Crippen LogP contribution in [0.1, 0.15) is 37.7 Å². The molecule has 0 spiro atoms. The smallest absolute Gasteiger partial charge is 0.243 e. The number of hydrogen-bond donors (Lipinski definition) is 1. The minimum absolute atomic E-state index is 0.152. The minimum Gasteiger partial charge on any atom is -0.374 e. The Kier molecular flexibility index (Phi) is 2.78. The topological polar surface area (TPSA) is 74.2 Å². The minimum atomic E-state index is -0.227. The van der Waals surface area contributed by atoms with Gasteiger partial charge in [0.25, 0.3) is 0 Å². The van der Waals surface area contributed by atoms with Crippen molar-refractivity contribution in [1.82, 2.24) is 10.1 Å². The van der Waals surface area contributed by atoms with Gasteiger partial charge in [0, 0.05) is 7.11 Å². The van der Waals surface area contributed by atoms with Crippen LogP contribution in [0.4, 0.5) is 0 Å². The fourth-order valence-electron chi connectivity index (χ4n) is 0.703. The summed E-state index contributed by atoms with van der Waals surface area (Å²) in [6.07, 6.45) is -0.152. The summed E-state index contributed by atoms with van der Waals surface area (Å²) in [5.74, 6) is 0.971. The zero-order valence-electron chi connectivity index (χ0n) is 7.44. The summed E-state index contributed by atoms with van der Waals surface area (Å²) >= 11 is 0. The zero-order chi connectivity index (χ0) is 9.14. The molecule has 0 aliphatic carbocycles. The van der Waals surface area contributed by atoms with Crippen LogP contribution in [0.25, 0.3) is 0 Å². The zero-order valence-corrected chi connectivity index (χ0v) is 7.44. The van der Waals surface area contributed by atoms with Crippen LogP contribution in [0.3, 0.4) is 0 Å². The van der Waals surface area contributed by atoms with E-state index < -0.39 is 0 Å². The third-order valence-corrected chi connectivity index (χ3v) is 1.56. The molecule has 0 aliphatic heterocycles. The monoisotopic (exact) mass is 171 g/mol. The highest BCUT2D eigenvalue weighted by molar-refractivity contribution is 4.92. The molecule has 0 radical (unpaired) electrons. The standard InChI is InChI=1S/C7H13N3O2/c1-4(8)7-9-6(10-12-7)5(2)11-3/h4-5H,8H2,1-3H3/t4-,5?/m0/s1. The average Bonchev–Trinajstić information content (AvgIpc) is 2.51. The number of hydrogen-bond acceptors (Lipinski definition) is 5. The third kappa shape index (κ3) is 1.80. The van der Waals surface area contributed by atoms with E-state index in [1.54, 1.807) is 14.0 Å². The Morgan fingerprint density at radius 1 is 1.50 bits per heavy atom. The Balaban J connectivity index is 2.77. The highest BCUT2D eigenvalue weighted by atomic mass is 16.5. The molecule has 5 nitrogen and oxygen atoms in total. The van der Waals surface area contributed by atoms with Gasteiger partial charge in [-0.3, -0.25) is 0 Å². The van der Waals surface area contributed by atoms with Crippen molar-refractivity contribution in [3.05, 3.63) is 11.7 Å². The van der Waals surface area contributed by atoms with E-state index in [4.69, 9.17) is 15.0 Å². The Morgan fingerprint density at radius 3 is 2.58 bits per heavy atom. The second-order valence-corrected chi connectivity index (χ2v) is 2.66. The van der Waals surface area contributed by atoms with E-state index >= 15 is 0 Å². The van der Waals surface area contributed by atoms with Crippen molar-refractivity contribution in [2.24, 2.45) is 5.73 Å². The second-order valence-electron chi connectivity index (χ2n) is 2.66. The summed E-state index contributed by atoms with van der Waals surface area (Å²) in [7, 11) is 1.59. The molecule has 1 unspecified atom stereocenters. The van der Waals surface area contributed by atoms with Crippen LogP contribution in [0.15, 0.2) is 4.52 Å². The molecule has 12 heavy (non-hydrogen) atoms. The number of aromatic nitrogens is 2. The van der Waals surface area contributed by atoms with Crippen LogP contribution in [0.5, 0.6) is 0 Å². The normalized spacial score (nSPS) is 16.0. The highest BCUT2D eigenvalue weighted by Gasteiger charge is 2.14. The number of methoxy groups -OCH3 is 1. The maximum atomic E-state index is 5.53. The van der Waals surface area contributed by atoms with Gasteiger partial charge in [-0.1, -0.05) is 5.16 Å². The molecule has 1 aromatic rings. The van der Waals surface area contributed by atoms with Gasteiger partial charge >= 0.3 is 0 Å². The van der Waals surface area contributed by atoms with Crippen molar-refractivity contribution in [3.63, 3.8) is 0 Å². The Hall–Kier alpha value is -0.940. The van der Waals surface area contributed by atoms with E-state index in [2.05, 4.69) is 10.1 Å². The molecule has 0 bridgehead atoms. The highest BCUT2D eigenvalue weighted by Crippen LogP contribution is 2.13. The molecule has 0 aliphatic rings. The molecule has 2 N–H and O–H groups in total. The van der Waals surface area contributed by atoms with Crippen LogP contribution in [0.2, 0.25) is 0 Å². The van der Waals surface area contributed by atoms with Gasteiger partial charge in [0.15, 0.2) is 5.82 Å².